The quantitative estimate of drug-likeness (QED) is 0.667. The van der Waals surface area contributed by atoms with Crippen molar-refractivity contribution in [3.63, 3.8) is 0 Å². The summed E-state index contributed by atoms with van der Waals surface area (Å²) in [5.41, 5.74) is 4.53. The predicted molar refractivity (Wildman–Crippen MR) is 112 cm³/mol. The summed E-state index contributed by atoms with van der Waals surface area (Å²) in [6, 6.07) is 14.3. The van der Waals surface area contributed by atoms with Crippen molar-refractivity contribution in [3.8, 4) is 0 Å². The number of thiocarbonyl (C=S) groups is 1. The topological polar surface area (TPSA) is 27.3 Å². The molecule has 2 rings (SSSR count). The summed E-state index contributed by atoms with van der Waals surface area (Å²) in [5.74, 6) is 0. The van der Waals surface area contributed by atoms with Crippen LogP contribution in [0.15, 0.2) is 42.5 Å². The molecule has 0 unspecified atom stereocenters. The van der Waals surface area contributed by atoms with Gasteiger partial charge in [0.25, 0.3) is 0 Å². The Bertz CT molecular complexity index is 714. The number of nitrogens with zero attached hydrogens (tertiary/aromatic N) is 1. The van der Waals surface area contributed by atoms with E-state index in [1.54, 1.807) is 0 Å². The molecule has 3 nitrogen and oxygen atoms in total. The van der Waals surface area contributed by atoms with Gasteiger partial charge in [-0.3, -0.25) is 4.90 Å². The van der Waals surface area contributed by atoms with Crippen LogP contribution in [0.4, 0.5) is 5.69 Å². The molecule has 0 bridgehead atoms. The zero-order valence-corrected chi connectivity index (χ0v) is 16.7. The SMILES string of the molecule is CCN(CC)Cc1ccccc1CNC(=S)Nc1cccc(Cl)c1C. The highest BCUT2D eigenvalue weighted by molar-refractivity contribution is 7.80. The monoisotopic (exact) mass is 375 g/mol. The van der Waals surface area contributed by atoms with Gasteiger partial charge in [-0.25, -0.2) is 0 Å². The Morgan fingerprint density at radius 2 is 1.72 bits per heavy atom. The van der Waals surface area contributed by atoms with Gasteiger partial charge in [0, 0.05) is 23.8 Å². The molecule has 134 valence electrons. The first kappa shape index (κ1) is 19.7. The van der Waals surface area contributed by atoms with Crippen LogP contribution in [0.2, 0.25) is 5.02 Å². The number of hydrogen-bond acceptors (Lipinski definition) is 2. The number of rotatable bonds is 7. The van der Waals surface area contributed by atoms with E-state index in [2.05, 4.69) is 53.6 Å². The van der Waals surface area contributed by atoms with E-state index in [0.717, 1.165) is 35.9 Å². The Hall–Kier alpha value is -1.62. The molecule has 5 heteroatoms. The van der Waals surface area contributed by atoms with E-state index in [9.17, 15) is 0 Å². The Morgan fingerprint density at radius 1 is 1.04 bits per heavy atom. The van der Waals surface area contributed by atoms with E-state index in [4.69, 9.17) is 23.8 Å². The van der Waals surface area contributed by atoms with Crippen LogP contribution in [-0.4, -0.2) is 23.1 Å². The molecule has 0 aliphatic rings. The summed E-state index contributed by atoms with van der Waals surface area (Å²) in [6.07, 6.45) is 0. The van der Waals surface area contributed by atoms with Gasteiger partial charge in [-0.15, -0.1) is 0 Å². The van der Waals surface area contributed by atoms with Crippen molar-refractivity contribution in [1.82, 2.24) is 10.2 Å². The van der Waals surface area contributed by atoms with Crippen molar-refractivity contribution in [3.05, 3.63) is 64.2 Å². The molecule has 0 saturated heterocycles. The largest absolute Gasteiger partial charge is 0.358 e. The minimum Gasteiger partial charge on any atom is -0.358 e. The van der Waals surface area contributed by atoms with Gasteiger partial charge in [0.05, 0.1) is 0 Å². The Labute approximate surface area is 161 Å². The zero-order valence-electron chi connectivity index (χ0n) is 15.1. The minimum atomic E-state index is 0.600. The Kier molecular flexibility index (Phi) is 7.69. The lowest BCUT2D eigenvalue weighted by Gasteiger charge is -2.20. The average molecular weight is 376 g/mol. The van der Waals surface area contributed by atoms with E-state index in [1.807, 2.05) is 25.1 Å². The Morgan fingerprint density at radius 3 is 2.40 bits per heavy atom. The lowest BCUT2D eigenvalue weighted by atomic mass is 10.1. The summed E-state index contributed by atoms with van der Waals surface area (Å²) in [6.45, 7) is 10.1. The summed E-state index contributed by atoms with van der Waals surface area (Å²) in [5, 5.41) is 7.87. The molecule has 2 aromatic carbocycles. The average Bonchev–Trinajstić information content (AvgIpc) is 2.62. The van der Waals surface area contributed by atoms with Gasteiger partial charge in [-0.1, -0.05) is 55.8 Å². The highest BCUT2D eigenvalue weighted by atomic mass is 35.5. The first-order valence-corrected chi connectivity index (χ1v) is 9.42. The van der Waals surface area contributed by atoms with Crippen LogP contribution in [0.5, 0.6) is 0 Å². The van der Waals surface area contributed by atoms with Crippen molar-refractivity contribution >= 4 is 34.6 Å². The van der Waals surface area contributed by atoms with Gasteiger partial charge in [0.15, 0.2) is 5.11 Å². The molecule has 0 aliphatic heterocycles. The second-order valence-electron chi connectivity index (χ2n) is 5.95. The van der Waals surface area contributed by atoms with Gasteiger partial charge < -0.3 is 10.6 Å². The van der Waals surface area contributed by atoms with Crippen LogP contribution >= 0.6 is 23.8 Å². The molecule has 0 aromatic heterocycles. The molecule has 0 heterocycles. The van der Waals surface area contributed by atoms with Crippen LogP contribution in [0.25, 0.3) is 0 Å². The molecule has 0 fully saturated rings. The van der Waals surface area contributed by atoms with E-state index < -0.39 is 0 Å². The van der Waals surface area contributed by atoms with Gasteiger partial charge in [0.2, 0.25) is 0 Å². The predicted octanol–water partition coefficient (Wildman–Crippen LogP) is 4.98. The number of benzene rings is 2. The molecule has 0 spiro atoms. The fourth-order valence-corrected chi connectivity index (χ4v) is 3.01. The third-order valence-corrected chi connectivity index (χ3v) is 5.02. The number of halogens is 1. The summed E-state index contributed by atoms with van der Waals surface area (Å²) in [4.78, 5) is 2.41. The highest BCUT2D eigenvalue weighted by Crippen LogP contribution is 2.22. The van der Waals surface area contributed by atoms with Gasteiger partial charge in [-0.05, 0) is 61.1 Å². The Balaban J connectivity index is 1.99. The molecule has 0 aliphatic carbocycles. The molecule has 2 aromatic rings. The zero-order chi connectivity index (χ0) is 18.2. The summed E-state index contributed by atoms with van der Waals surface area (Å²) >= 11 is 11.6. The molecular weight excluding hydrogens is 350 g/mol. The van der Waals surface area contributed by atoms with Crippen LogP contribution in [0.1, 0.15) is 30.5 Å². The molecule has 0 radical (unpaired) electrons. The third kappa shape index (κ3) is 5.70. The van der Waals surface area contributed by atoms with Gasteiger partial charge in [-0.2, -0.15) is 0 Å². The number of hydrogen-bond donors (Lipinski definition) is 2. The normalized spacial score (nSPS) is 10.8. The second kappa shape index (κ2) is 9.76. The van der Waals surface area contributed by atoms with Crippen LogP contribution in [0.3, 0.4) is 0 Å². The van der Waals surface area contributed by atoms with E-state index in [1.165, 1.54) is 11.1 Å². The smallest absolute Gasteiger partial charge is 0.171 e. The van der Waals surface area contributed by atoms with Crippen LogP contribution in [-0.2, 0) is 13.1 Å². The minimum absolute atomic E-state index is 0.600. The fourth-order valence-electron chi connectivity index (χ4n) is 2.66. The highest BCUT2D eigenvalue weighted by Gasteiger charge is 2.08. The van der Waals surface area contributed by atoms with E-state index in [0.29, 0.717) is 11.7 Å². The van der Waals surface area contributed by atoms with Gasteiger partial charge in [0.1, 0.15) is 0 Å². The van der Waals surface area contributed by atoms with Crippen molar-refractivity contribution in [2.45, 2.75) is 33.9 Å². The lowest BCUT2D eigenvalue weighted by molar-refractivity contribution is 0.295. The van der Waals surface area contributed by atoms with Gasteiger partial charge >= 0.3 is 0 Å². The maximum absolute atomic E-state index is 6.16. The standard InChI is InChI=1S/C20H26ClN3S/c1-4-24(5-2)14-17-10-7-6-9-16(17)13-22-20(25)23-19-12-8-11-18(21)15(19)3/h6-12H,4-5,13-14H2,1-3H3,(H2,22,23,25). The van der Waals surface area contributed by atoms with E-state index >= 15 is 0 Å². The van der Waals surface area contributed by atoms with Crippen molar-refractivity contribution < 1.29 is 0 Å². The lowest BCUT2D eigenvalue weighted by Crippen LogP contribution is -2.29. The first-order chi connectivity index (χ1) is 12.0. The maximum Gasteiger partial charge on any atom is 0.171 e. The van der Waals surface area contributed by atoms with Crippen molar-refractivity contribution in [2.24, 2.45) is 0 Å². The number of nitrogens with one attached hydrogen (secondary N) is 2. The van der Waals surface area contributed by atoms with Crippen molar-refractivity contribution in [2.75, 3.05) is 18.4 Å². The van der Waals surface area contributed by atoms with E-state index in [-0.39, 0.29) is 0 Å². The molecule has 2 N–H and O–H groups in total. The molecule has 25 heavy (non-hydrogen) atoms. The summed E-state index contributed by atoms with van der Waals surface area (Å²) in [7, 11) is 0. The van der Waals surface area contributed by atoms with Crippen molar-refractivity contribution in [1.29, 1.82) is 0 Å². The van der Waals surface area contributed by atoms with Crippen LogP contribution < -0.4 is 10.6 Å². The fraction of sp³-hybridized carbons (Fsp3) is 0.350. The first-order valence-electron chi connectivity index (χ1n) is 8.64. The molecule has 0 amide bonds. The second-order valence-corrected chi connectivity index (χ2v) is 6.77. The number of anilines is 1. The van der Waals surface area contributed by atoms with Crippen LogP contribution in [0, 0.1) is 6.92 Å². The third-order valence-electron chi connectivity index (χ3n) is 4.36. The maximum atomic E-state index is 6.16. The summed E-state index contributed by atoms with van der Waals surface area (Å²) < 4.78 is 0. The molecule has 0 saturated carbocycles. The molecular formula is C20H26ClN3S. The molecule has 0 atom stereocenters.